The van der Waals surface area contributed by atoms with Crippen LogP contribution in [0.25, 0.3) is 0 Å². The van der Waals surface area contributed by atoms with E-state index in [1.54, 1.807) is 24.3 Å². The highest BCUT2D eigenvalue weighted by molar-refractivity contribution is 7.92. The molecule has 0 aliphatic carbocycles. The first-order chi connectivity index (χ1) is 7.78. The molecule has 0 aliphatic heterocycles. The normalized spacial score (nSPS) is 13.1. The van der Waals surface area contributed by atoms with Crippen molar-refractivity contribution in [2.45, 2.75) is 12.5 Å². The van der Waals surface area contributed by atoms with Crippen molar-refractivity contribution in [2.75, 3.05) is 11.0 Å². The predicted molar refractivity (Wildman–Crippen MR) is 64.2 cm³/mol. The zero-order chi connectivity index (χ0) is 13.1. The number of carboxylic acids is 1. The van der Waals surface area contributed by atoms with Gasteiger partial charge in [-0.2, -0.15) is 0 Å². The minimum Gasteiger partial charge on any atom is -0.480 e. The van der Waals surface area contributed by atoms with E-state index in [9.17, 15) is 13.2 Å². The highest BCUT2D eigenvalue weighted by atomic mass is 32.2. The molecule has 1 aromatic carbocycles. The molecule has 1 atom stereocenters. The minimum absolute atomic E-state index is 0.203. The molecule has 4 N–H and O–H groups in total. The second-order valence-corrected chi connectivity index (χ2v) is 5.47. The second kappa shape index (κ2) is 5.15. The molecule has 7 heteroatoms. The van der Waals surface area contributed by atoms with Crippen LogP contribution in [0.4, 0.5) is 5.69 Å². The molecule has 0 amide bonds. The number of benzene rings is 1. The summed E-state index contributed by atoms with van der Waals surface area (Å²) in [6.07, 6.45) is 1.26. The SMILES string of the molecule is CS(=O)(=O)Nc1ccc(C[C@H](N)C(=O)O)cc1. The lowest BCUT2D eigenvalue weighted by molar-refractivity contribution is -0.138. The summed E-state index contributed by atoms with van der Waals surface area (Å²) in [6.45, 7) is 0. The molecule has 0 fully saturated rings. The van der Waals surface area contributed by atoms with Gasteiger partial charge >= 0.3 is 5.97 Å². The zero-order valence-corrected chi connectivity index (χ0v) is 10.1. The van der Waals surface area contributed by atoms with E-state index in [2.05, 4.69) is 4.72 Å². The number of hydrogen-bond acceptors (Lipinski definition) is 4. The highest BCUT2D eigenvalue weighted by Crippen LogP contribution is 2.11. The van der Waals surface area contributed by atoms with E-state index in [0.29, 0.717) is 5.69 Å². The van der Waals surface area contributed by atoms with Crippen molar-refractivity contribution >= 4 is 21.7 Å². The van der Waals surface area contributed by atoms with Crippen LogP contribution in [0.1, 0.15) is 5.56 Å². The Bertz CT molecular complexity index is 496. The molecule has 0 radical (unpaired) electrons. The molecule has 1 aromatic rings. The van der Waals surface area contributed by atoms with E-state index >= 15 is 0 Å². The summed E-state index contributed by atoms with van der Waals surface area (Å²) in [4.78, 5) is 10.5. The number of sulfonamides is 1. The molecule has 0 aliphatic rings. The summed E-state index contributed by atoms with van der Waals surface area (Å²) < 4.78 is 24.2. The van der Waals surface area contributed by atoms with Crippen molar-refractivity contribution in [3.63, 3.8) is 0 Å². The van der Waals surface area contributed by atoms with Crippen molar-refractivity contribution in [3.05, 3.63) is 29.8 Å². The minimum atomic E-state index is -3.30. The van der Waals surface area contributed by atoms with Crippen LogP contribution in [0, 0.1) is 0 Å². The number of aliphatic carboxylic acids is 1. The van der Waals surface area contributed by atoms with E-state index in [-0.39, 0.29) is 6.42 Å². The molecule has 0 spiro atoms. The van der Waals surface area contributed by atoms with Gasteiger partial charge in [0.1, 0.15) is 6.04 Å². The molecule has 0 aromatic heterocycles. The summed E-state index contributed by atoms with van der Waals surface area (Å²) in [5, 5.41) is 8.63. The molecule has 6 nitrogen and oxygen atoms in total. The number of anilines is 1. The number of carboxylic acid groups (broad SMARTS) is 1. The topological polar surface area (TPSA) is 109 Å². The first-order valence-electron chi connectivity index (χ1n) is 4.83. The smallest absolute Gasteiger partial charge is 0.320 e. The fourth-order valence-electron chi connectivity index (χ4n) is 1.26. The van der Waals surface area contributed by atoms with Gasteiger partial charge in [0.25, 0.3) is 0 Å². The van der Waals surface area contributed by atoms with Crippen LogP contribution in [0.5, 0.6) is 0 Å². The maximum atomic E-state index is 10.9. The summed E-state index contributed by atoms with van der Waals surface area (Å²) in [6, 6.07) is 5.44. The van der Waals surface area contributed by atoms with Gasteiger partial charge in [-0.1, -0.05) is 12.1 Å². The van der Waals surface area contributed by atoms with E-state index in [1.807, 2.05) is 0 Å². The van der Waals surface area contributed by atoms with Gasteiger partial charge in [0.15, 0.2) is 0 Å². The number of hydrogen-bond donors (Lipinski definition) is 3. The van der Waals surface area contributed by atoms with Crippen molar-refractivity contribution in [1.82, 2.24) is 0 Å². The molecular formula is C10H14N2O4S. The van der Waals surface area contributed by atoms with Crippen LogP contribution in [0.15, 0.2) is 24.3 Å². The van der Waals surface area contributed by atoms with E-state index < -0.39 is 22.0 Å². The van der Waals surface area contributed by atoms with Crippen LogP contribution in [0.3, 0.4) is 0 Å². The quantitative estimate of drug-likeness (QED) is 0.689. The maximum Gasteiger partial charge on any atom is 0.320 e. The third-order valence-electron chi connectivity index (χ3n) is 2.03. The molecule has 0 bridgehead atoms. The van der Waals surface area contributed by atoms with Gasteiger partial charge in [-0.05, 0) is 24.1 Å². The third kappa shape index (κ3) is 4.83. The fraction of sp³-hybridized carbons (Fsp3) is 0.300. The molecule has 94 valence electrons. The van der Waals surface area contributed by atoms with Gasteiger partial charge in [0.05, 0.1) is 6.26 Å². The lowest BCUT2D eigenvalue weighted by atomic mass is 10.1. The zero-order valence-electron chi connectivity index (χ0n) is 9.25. The molecule has 17 heavy (non-hydrogen) atoms. The molecule has 0 heterocycles. The monoisotopic (exact) mass is 258 g/mol. The van der Waals surface area contributed by atoms with Gasteiger partial charge in [-0.25, -0.2) is 8.42 Å². The summed E-state index contributed by atoms with van der Waals surface area (Å²) >= 11 is 0. The van der Waals surface area contributed by atoms with Crippen LogP contribution in [-0.4, -0.2) is 31.8 Å². The Morgan fingerprint density at radius 1 is 1.41 bits per heavy atom. The van der Waals surface area contributed by atoms with Gasteiger partial charge < -0.3 is 10.8 Å². The van der Waals surface area contributed by atoms with Gasteiger partial charge in [0.2, 0.25) is 10.0 Å². The standard InChI is InChI=1S/C10H14N2O4S/c1-17(15,16)12-8-4-2-7(3-5-8)6-9(11)10(13)14/h2-5,9,12H,6,11H2,1H3,(H,13,14)/t9-/m0/s1. The maximum absolute atomic E-state index is 10.9. The lowest BCUT2D eigenvalue weighted by Crippen LogP contribution is -2.32. The number of nitrogens with one attached hydrogen (secondary N) is 1. The van der Waals surface area contributed by atoms with Gasteiger partial charge in [-0.15, -0.1) is 0 Å². The molecule has 0 saturated heterocycles. The van der Waals surface area contributed by atoms with Gasteiger partial charge in [-0.3, -0.25) is 9.52 Å². The van der Waals surface area contributed by atoms with Crippen LogP contribution >= 0.6 is 0 Å². The Morgan fingerprint density at radius 2 is 1.94 bits per heavy atom. The molecule has 1 rings (SSSR count). The van der Waals surface area contributed by atoms with Crippen molar-refractivity contribution in [2.24, 2.45) is 5.73 Å². The second-order valence-electron chi connectivity index (χ2n) is 3.72. The van der Waals surface area contributed by atoms with Crippen molar-refractivity contribution in [1.29, 1.82) is 0 Å². The predicted octanol–water partition coefficient (Wildman–Crippen LogP) is 0.0125. The van der Waals surface area contributed by atoms with Crippen molar-refractivity contribution in [3.8, 4) is 0 Å². The first kappa shape index (κ1) is 13.5. The average Bonchev–Trinajstić information content (AvgIpc) is 2.18. The summed E-state index contributed by atoms with van der Waals surface area (Å²) in [5.74, 6) is -1.07. The Kier molecular flexibility index (Phi) is 4.08. The fourth-order valence-corrected chi connectivity index (χ4v) is 1.83. The molecular weight excluding hydrogens is 244 g/mol. The van der Waals surface area contributed by atoms with E-state index in [4.69, 9.17) is 10.8 Å². The highest BCUT2D eigenvalue weighted by Gasteiger charge is 2.11. The van der Waals surface area contributed by atoms with Gasteiger partial charge in [0, 0.05) is 5.69 Å². The van der Waals surface area contributed by atoms with Crippen LogP contribution in [0.2, 0.25) is 0 Å². The molecule has 0 unspecified atom stereocenters. The first-order valence-corrected chi connectivity index (χ1v) is 6.72. The van der Waals surface area contributed by atoms with E-state index in [0.717, 1.165) is 11.8 Å². The van der Waals surface area contributed by atoms with E-state index in [1.165, 1.54) is 0 Å². The molecule has 0 saturated carbocycles. The summed E-state index contributed by atoms with van der Waals surface area (Å²) in [7, 11) is -3.30. The van der Waals surface area contributed by atoms with Crippen LogP contribution < -0.4 is 10.5 Å². The third-order valence-corrected chi connectivity index (χ3v) is 2.64. The largest absolute Gasteiger partial charge is 0.480 e. The number of carbonyl (C=O) groups is 1. The Morgan fingerprint density at radius 3 is 2.35 bits per heavy atom. The average molecular weight is 258 g/mol. The number of nitrogens with two attached hydrogens (primary N) is 1. The van der Waals surface area contributed by atoms with Crippen molar-refractivity contribution < 1.29 is 18.3 Å². The number of rotatable bonds is 5. The van der Waals surface area contributed by atoms with Crippen LogP contribution in [-0.2, 0) is 21.2 Å². The Balaban J connectivity index is 2.72. The lowest BCUT2D eigenvalue weighted by Gasteiger charge is -2.08. The summed E-state index contributed by atoms with van der Waals surface area (Å²) in [5.41, 5.74) is 6.54. The Hall–Kier alpha value is -1.60. The Labute approximate surface area is 99.5 Å².